The molecule has 2 fully saturated rings. The first-order valence-electron chi connectivity index (χ1n) is 16.3. The number of nitrogens with zero attached hydrogens (tertiary/aromatic N) is 6. The minimum atomic E-state index is 0.353. The van der Waals surface area contributed by atoms with Gasteiger partial charge in [-0.2, -0.15) is 0 Å². The molecule has 49 heavy (non-hydrogen) atoms. The maximum atomic E-state index is 11.8. The fourth-order valence-corrected chi connectivity index (χ4v) is 7.89. The van der Waals surface area contributed by atoms with Crippen LogP contribution in [-0.2, 0) is 4.79 Å². The van der Waals surface area contributed by atoms with E-state index >= 15 is 0 Å². The van der Waals surface area contributed by atoms with Crippen molar-refractivity contribution in [3.05, 3.63) is 59.0 Å². The number of halogens is 2. The predicted molar refractivity (Wildman–Crippen MR) is 195 cm³/mol. The Morgan fingerprint density at radius 2 is 1.53 bits per heavy atom. The van der Waals surface area contributed by atoms with Crippen LogP contribution in [0.15, 0.2) is 48.9 Å². The topological polar surface area (TPSA) is 96.7 Å². The molecule has 0 spiro atoms. The van der Waals surface area contributed by atoms with Crippen molar-refractivity contribution in [3.8, 4) is 39.6 Å². The number of carbonyl (C=O) groups is 1. The van der Waals surface area contributed by atoms with E-state index in [9.17, 15) is 4.79 Å². The van der Waals surface area contributed by atoms with Crippen molar-refractivity contribution in [2.45, 2.75) is 18.9 Å². The van der Waals surface area contributed by atoms with E-state index in [1.165, 1.54) is 0 Å². The lowest BCUT2D eigenvalue weighted by atomic mass is 10.00. The van der Waals surface area contributed by atoms with E-state index in [1.807, 2.05) is 34.9 Å². The number of imidazole rings is 1. The number of carbonyl (C=O) groups excluding carboxylic acids is 1. The molecule has 2 saturated heterocycles. The number of piperazine rings is 1. The third kappa shape index (κ3) is 6.09. The molecule has 11 nitrogen and oxygen atoms in total. The van der Waals surface area contributed by atoms with Gasteiger partial charge in [-0.1, -0.05) is 23.2 Å². The minimum Gasteiger partial charge on any atom is -0.496 e. The van der Waals surface area contributed by atoms with E-state index in [0.717, 1.165) is 80.7 Å². The minimum absolute atomic E-state index is 0.353. The zero-order valence-electron chi connectivity index (χ0n) is 28.0. The van der Waals surface area contributed by atoms with Crippen LogP contribution in [0.2, 0.25) is 10.0 Å². The Kier molecular flexibility index (Phi) is 9.43. The number of hydrogen-bond acceptors (Lipinski definition) is 9. The molecule has 0 radical (unpaired) electrons. The van der Waals surface area contributed by atoms with Crippen LogP contribution in [-0.4, -0.2) is 104 Å². The number of pyridine rings is 2. The third-order valence-corrected chi connectivity index (χ3v) is 10.6. The predicted octanol–water partition coefficient (Wildman–Crippen LogP) is 6.33. The second-order valence-electron chi connectivity index (χ2n) is 12.5. The summed E-state index contributed by atoms with van der Waals surface area (Å²) in [6.45, 7) is 6.26. The van der Waals surface area contributed by atoms with E-state index in [4.69, 9.17) is 42.4 Å². The van der Waals surface area contributed by atoms with E-state index in [-0.39, 0.29) is 0 Å². The number of likely N-dealkylation sites (N-methyl/N-ethyl adjacent to an activating group) is 1. The molecule has 2 aliphatic heterocycles. The first-order chi connectivity index (χ1) is 23.8. The number of ether oxygens (including phenoxy) is 3. The molecule has 0 unspecified atom stereocenters. The van der Waals surface area contributed by atoms with Gasteiger partial charge in [0.15, 0.2) is 0 Å². The molecule has 0 atom stereocenters. The molecule has 1 amide bonds. The summed E-state index contributed by atoms with van der Waals surface area (Å²) in [5.74, 6) is 1.54. The molecule has 0 bridgehead atoms. The van der Waals surface area contributed by atoms with Gasteiger partial charge in [0.2, 0.25) is 6.41 Å². The van der Waals surface area contributed by atoms with Crippen LogP contribution in [0, 0.1) is 0 Å². The van der Waals surface area contributed by atoms with Gasteiger partial charge in [0.1, 0.15) is 22.9 Å². The Balaban J connectivity index is 1.26. The number of amides is 1. The van der Waals surface area contributed by atoms with Crippen molar-refractivity contribution in [1.29, 1.82) is 0 Å². The Morgan fingerprint density at radius 1 is 0.837 bits per heavy atom. The number of aromatic nitrogens is 3. The quantitative estimate of drug-likeness (QED) is 0.177. The van der Waals surface area contributed by atoms with Gasteiger partial charge in [-0.3, -0.25) is 19.1 Å². The summed E-state index contributed by atoms with van der Waals surface area (Å²) in [7, 11) is 6.94. The van der Waals surface area contributed by atoms with Crippen molar-refractivity contribution in [1.82, 2.24) is 24.2 Å². The first kappa shape index (κ1) is 33.2. The highest BCUT2D eigenvalue weighted by Crippen LogP contribution is 2.48. The molecule has 3 aromatic heterocycles. The summed E-state index contributed by atoms with van der Waals surface area (Å²) in [4.78, 5) is 28.7. The molecular formula is C36H39Cl2N7O4. The number of fused-ring (bicyclic) bond motifs is 3. The molecule has 2 aliphatic rings. The molecule has 256 valence electrons. The molecule has 5 heterocycles. The molecular weight excluding hydrogens is 665 g/mol. The normalized spacial score (nSPS) is 16.3. The van der Waals surface area contributed by atoms with Crippen molar-refractivity contribution in [2.24, 2.45) is 0 Å². The number of hydrogen-bond donors (Lipinski definition) is 1. The zero-order chi connectivity index (χ0) is 34.2. The molecule has 7 rings (SSSR count). The number of nitrogens with one attached hydrogen (secondary N) is 1. The highest BCUT2D eigenvalue weighted by molar-refractivity contribution is 6.41. The van der Waals surface area contributed by atoms with Gasteiger partial charge >= 0.3 is 0 Å². The number of rotatable bonds is 9. The summed E-state index contributed by atoms with van der Waals surface area (Å²) in [5, 5.41) is 4.49. The monoisotopic (exact) mass is 703 g/mol. The smallest absolute Gasteiger partial charge is 0.211 e. The third-order valence-electron chi connectivity index (χ3n) is 9.86. The Hall–Kier alpha value is -4.29. The van der Waals surface area contributed by atoms with Gasteiger partial charge < -0.3 is 29.3 Å². The Morgan fingerprint density at radius 3 is 2.18 bits per heavy atom. The Labute approximate surface area is 295 Å². The van der Waals surface area contributed by atoms with E-state index in [2.05, 4.69) is 32.0 Å². The highest BCUT2D eigenvalue weighted by atomic mass is 35.5. The summed E-state index contributed by atoms with van der Waals surface area (Å²) in [5.41, 5.74) is 5.86. The van der Waals surface area contributed by atoms with Crippen molar-refractivity contribution in [2.75, 3.05) is 77.9 Å². The highest BCUT2D eigenvalue weighted by Gasteiger charge is 2.29. The van der Waals surface area contributed by atoms with Crippen molar-refractivity contribution >= 4 is 57.5 Å². The van der Waals surface area contributed by atoms with E-state index < -0.39 is 0 Å². The van der Waals surface area contributed by atoms with Crippen LogP contribution in [0.3, 0.4) is 0 Å². The molecule has 1 N–H and O–H groups in total. The standard InChI is InChI=1S/C36H39Cl2N7O4/c1-42-11-13-43(14-12-42)23-5-8-44(9-6-23)29-18-30(47-2)24(16-27(29)41-21-46)26-17-28-22(20-40-26)15-25(36-39-7-10-45(28)36)33-34(37)31(48-3)19-32(49-4)35(33)38/h7,10,15-21,23H,5-6,8-9,11-14H2,1-4H3,(H,41,46). The van der Waals surface area contributed by atoms with Crippen LogP contribution in [0.4, 0.5) is 11.4 Å². The molecule has 5 aromatic rings. The zero-order valence-corrected chi connectivity index (χ0v) is 29.5. The average Bonchev–Trinajstić information content (AvgIpc) is 3.63. The maximum Gasteiger partial charge on any atom is 0.211 e. The van der Waals surface area contributed by atoms with E-state index in [1.54, 1.807) is 39.8 Å². The second-order valence-corrected chi connectivity index (χ2v) is 13.2. The number of benzene rings is 2. The SMILES string of the molecule is COc1cc(N2CCC(N3CCN(C)CC3)CC2)c(NC=O)cc1-c1cc2c(cn1)cc(-c1c(Cl)c(OC)cc(OC)c1Cl)c1nccn12. The number of piperidine rings is 1. The van der Waals surface area contributed by atoms with Crippen LogP contribution in [0.5, 0.6) is 17.2 Å². The molecule has 0 saturated carbocycles. The molecule has 2 aromatic carbocycles. The fourth-order valence-electron chi connectivity index (χ4n) is 7.18. The van der Waals surface area contributed by atoms with Crippen molar-refractivity contribution < 1.29 is 19.0 Å². The van der Waals surface area contributed by atoms with Gasteiger partial charge in [0.05, 0.1) is 54.0 Å². The lowest BCUT2D eigenvalue weighted by molar-refractivity contribution is -0.105. The summed E-state index contributed by atoms with van der Waals surface area (Å²) in [6.07, 6.45) is 8.28. The molecule has 13 heteroatoms. The summed E-state index contributed by atoms with van der Waals surface area (Å²) in [6, 6.07) is 10.2. The number of methoxy groups -OCH3 is 3. The maximum absolute atomic E-state index is 11.8. The lowest BCUT2D eigenvalue weighted by Gasteiger charge is -2.43. The molecule has 0 aliphatic carbocycles. The van der Waals surface area contributed by atoms with E-state index in [0.29, 0.717) is 61.5 Å². The van der Waals surface area contributed by atoms with Crippen molar-refractivity contribution in [3.63, 3.8) is 0 Å². The van der Waals surface area contributed by atoms with Gasteiger partial charge in [-0.25, -0.2) is 4.98 Å². The number of anilines is 2. The van der Waals surface area contributed by atoms with Crippen LogP contribution < -0.4 is 24.4 Å². The first-order valence-corrected chi connectivity index (χ1v) is 17.1. The fraction of sp³-hybridized carbons (Fsp3) is 0.361. The van der Waals surface area contributed by atoms with Gasteiger partial charge in [0.25, 0.3) is 0 Å². The van der Waals surface area contributed by atoms with Crippen LogP contribution in [0.1, 0.15) is 12.8 Å². The Bertz CT molecular complexity index is 1990. The summed E-state index contributed by atoms with van der Waals surface area (Å²) < 4.78 is 19.0. The lowest BCUT2D eigenvalue weighted by Crippen LogP contribution is -2.52. The summed E-state index contributed by atoms with van der Waals surface area (Å²) >= 11 is 13.6. The average molecular weight is 705 g/mol. The largest absolute Gasteiger partial charge is 0.496 e. The van der Waals surface area contributed by atoms with Crippen LogP contribution >= 0.6 is 23.2 Å². The van der Waals surface area contributed by atoms with Gasteiger partial charge in [0, 0.05) is 98.1 Å². The van der Waals surface area contributed by atoms with Crippen LogP contribution in [0.25, 0.3) is 38.9 Å². The van der Waals surface area contributed by atoms with Gasteiger partial charge in [-0.15, -0.1) is 0 Å². The second kappa shape index (κ2) is 13.9. The van der Waals surface area contributed by atoms with Gasteiger partial charge in [-0.05, 0) is 38.1 Å².